The van der Waals surface area contributed by atoms with Crippen LogP contribution in [0.5, 0.6) is 0 Å². The number of fused-ring (bicyclic) bond motifs is 1. The second-order valence-corrected chi connectivity index (χ2v) is 9.44. The summed E-state index contributed by atoms with van der Waals surface area (Å²) < 4.78 is 5.15. The number of amidine groups is 1. The molecule has 1 amide bonds. The summed E-state index contributed by atoms with van der Waals surface area (Å²) in [6, 6.07) is 5.86. The van der Waals surface area contributed by atoms with Crippen molar-refractivity contribution in [3.8, 4) is 0 Å². The van der Waals surface area contributed by atoms with Gasteiger partial charge in [0.2, 0.25) is 5.91 Å². The number of benzene rings is 1. The molecule has 1 aromatic rings. The molecule has 0 radical (unpaired) electrons. The summed E-state index contributed by atoms with van der Waals surface area (Å²) >= 11 is 1.50. The van der Waals surface area contributed by atoms with Crippen LogP contribution in [0.2, 0.25) is 0 Å². The minimum atomic E-state index is -0.392. The van der Waals surface area contributed by atoms with Gasteiger partial charge in [0.1, 0.15) is 0 Å². The Hall–Kier alpha value is -2.58. The maximum atomic E-state index is 13.1. The lowest BCUT2D eigenvalue weighted by Gasteiger charge is -2.38. The van der Waals surface area contributed by atoms with Crippen molar-refractivity contribution in [2.75, 3.05) is 40.3 Å². The highest BCUT2D eigenvalue weighted by Gasteiger charge is 2.41. The number of nitrogens with zero attached hydrogens (tertiary/aromatic N) is 4. The van der Waals surface area contributed by atoms with Gasteiger partial charge in [-0.2, -0.15) is 0 Å². The fraction of sp³-hybridized carbons (Fsp3) is 0.458. The van der Waals surface area contributed by atoms with Crippen molar-refractivity contribution < 1.29 is 14.3 Å². The number of methoxy groups -OCH3 is 1. The summed E-state index contributed by atoms with van der Waals surface area (Å²) in [5, 5.41) is 2.79. The first kappa shape index (κ1) is 22.6. The zero-order valence-electron chi connectivity index (χ0n) is 19.3. The van der Waals surface area contributed by atoms with Crippen LogP contribution >= 0.6 is 11.8 Å². The van der Waals surface area contributed by atoms with Crippen molar-refractivity contribution in [2.24, 2.45) is 4.99 Å². The number of allylic oxidation sites excluding steroid dienone is 1. The maximum absolute atomic E-state index is 13.1. The Balaban J connectivity index is 1.69. The molecule has 0 N–H and O–H groups in total. The van der Waals surface area contributed by atoms with Crippen LogP contribution in [0.1, 0.15) is 36.1 Å². The highest BCUT2D eigenvalue weighted by atomic mass is 32.2. The molecule has 1 saturated heterocycles. The fourth-order valence-corrected chi connectivity index (χ4v) is 5.45. The van der Waals surface area contributed by atoms with Gasteiger partial charge in [-0.3, -0.25) is 4.79 Å². The maximum Gasteiger partial charge on any atom is 0.338 e. The zero-order chi connectivity index (χ0) is 23.0. The average Bonchev–Trinajstić information content (AvgIpc) is 3.15. The molecule has 0 aromatic heterocycles. The number of carbonyl (C=O) groups excluding carboxylic acids is 2. The van der Waals surface area contributed by atoms with E-state index in [0.29, 0.717) is 11.3 Å². The number of ether oxygens (including phenoxy) is 1. The number of esters is 1. The average molecular weight is 455 g/mol. The Morgan fingerprint density at radius 1 is 1.16 bits per heavy atom. The van der Waals surface area contributed by atoms with Crippen LogP contribution in [0.25, 0.3) is 0 Å². The van der Waals surface area contributed by atoms with E-state index in [0.717, 1.165) is 53.7 Å². The van der Waals surface area contributed by atoms with Gasteiger partial charge in [0.05, 0.1) is 30.8 Å². The van der Waals surface area contributed by atoms with Crippen LogP contribution in [-0.2, 0) is 14.3 Å². The number of piperazine rings is 1. The highest BCUT2D eigenvalue weighted by molar-refractivity contribution is 8.16. The van der Waals surface area contributed by atoms with E-state index < -0.39 is 5.97 Å². The van der Waals surface area contributed by atoms with Gasteiger partial charge < -0.3 is 19.4 Å². The van der Waals surface area contributed by atoms with Crippen molar-refractivity contribution in [3.63, 3.8) is 0 Å². The Morgan fingerprint density at radius 2 is 1.88 bits per heavy atom. The molecule has 3 heterocycles. The van der Waals surface area contributed by atoms with Crippen molar-refractivity contribution in [1.29, 1.82) is 0 Å². The lowest BCUT2D eigenvalue weighted by atomic mass is 9.90. The third kappa shape index (κ3) is 4.21. The molecule has 0 spiro atoms. The summed E-state index contributed by atoms with van der Waals surface area (Å²) in [4.78, 5) is 36.9. The van der Waals surface area contributed by atoms with Crippen LogP contribution < -0.4 is 0 Å². The van der Waals surface area contributed by atoms with Gasteiger partial charge in [0, 0.05) is 31.9 Å². The normalized spacial score (nSPS) is 21.3. The molecular weight excluding hydrogens is 424 g/mol. The van der Waals surface area contributed by atoms with Gasteiger partial charge in [-0.25, -0.2) is 9.79 Å². The van der Waals surface area contributed by atoms with Gasteiger partial charge in [0.15, 0.2) is 5.17 Å². The summed E-state index contributed by atoms with van der Waals surface area (Å²) in [5.74, 6) is -0.284. The number of rotatable bonds is 4. The topological polar surface area (TPSA) is 65.5 Å². The molecule has 7 nitrogen and oxygen atoms in total. The number of hydrogen-bond acceptors (Lipinski definition) is 7. The first-order chi connectivity index (χ1) is 15.3. The van der Waals surface area contributed by atoms with E-state index >= 15 is 0 Å². The van der Waals surface area contributed by atoms with Crippen LogP contribution in [0, 0.1) is 13.8 Å². The number of aliphatic imine (C=N–C) groups is 1. The smallest absolute Gasteiger partial charge is 0.338 e. The van der Waals surface area contributed by atoms with E-state index in [-0.39, 0.29) is 18.4 Å². The molecule has 1 fully saturated rings. The largest absolute Gasteiger partial charge is 0.466 e. The van der Waals surface area contributed by atoms with Crippen molar-refractivity contribution in [3.05, 3.63) is 57.3 Å². The Bertz CT molecular complexity index is 1040. The highest BCUT2D eigenvalue weighted by Crippen LogP contribution is 2.45. The quantitative estimate of drug-likeness (QED) is 0.651. The third-order valence-electron chi connectivity index (χ3n) is 6.31. The Labute approximate surface area is 193 Å². The number of likely N-dealkylation sites (N-methyl/N-ethyl adjacent to an activating group) is 1. The monoisotopic (exact) mass is 454 g/mol. The number of aryl methyl sites for hydroxylation is 2. The molecule has 4 rings (SSSR count). The fourth-order valence-electron chi connectivity index (χ4n) is 4.49. The summed E-state index contributed by atoms with van der Waals surface area (Å²) in [6.45, 7) is 9.21. The molecule has 0 unspecified atom stereocenters. The van der Waals surface area contributed by atoms with Crippen molar-refractivity contribution >= 4 is 28.8 Å². The minimum absolute atomic E-state index is 0.108. The molecule has 170 valence electrons. The minimum Gasteiger partial charge on any atom is -0.466 e. The van der Waals surface area contributed by atoms with E-state index in [9.17, 15) is 9.59 Å². The van der Waals surface area contributed by atoms with Crippen molar-refractivity contribution in [2.45, 2.75) is 33.2 Å². The number of thioether (sulfide) groups is 1. The molecular formula is C24H30N4O3S. The number of amides is 1. The first-order valence-electron chi connectivity index (χ1n) is 10.9. The lowest BCUT2D eigenvalue weighted by molar-refractivity contribution is -0.136. The molecule has 0 saturated carbocycles. The second kappa shape index (κ2) is 9.11. The first-order valence-corrected chi connectivity index (χ1v) is 11.7. The van der Waals surface area contributed by atoms with Gasteiger partial charge in [0.25, 0.3) is 0 Å². The lowest BCUT2D eigenvalue weighted by Crippen LogP contribution is -2.47. The SMILES string of the molecule is COC(=O)C1=C(C)N=C2SC=C(CC(=O)N3CCN(C)CC3)N2[C@@H]1c1ccc(C)cc1C. The summed E-state index contributed by atoms with van der Waals surface area (Å²) in [6.07, 6.45) is 0.282. The molecule has 8 heteroatoms. The van der Waals surface area contributed by atoms with Crippen molar-refractivity contribution in [1.82, 2.24) is 14.7 Å². The van der Waals surface area contributed by atoms with E-state index in [1.54, 1.807) is 0 Å². The van der Waals surface area contributed by atoms with E-state index in [1.165, 1.54) is 18.9 Å². The van der Waals surface area contributed by atoms with Gasteiger partial charge in [-0.15, -0.1) is 0 Å². The number of carbonyl (C=O) groups is 2. The zero-order valence-corrected chi connectivity index (χ0v) is 20.2. The molecule has 0 aliphatic carbocycles. The van der Waals surface area contributed by atoms with Crippen LogP contribution in [-0.4, -0.2) is 72.1 Å². The van der Waals surface area contributed by atoms with Gasteiger partial charge in [-0.1, -0.05) is 35.5 Å². The van der Waals surface area contributed by atoms with Crippen LogP contribution in [0.3, 0.4) is 0 Å². The van der Waals surface area contributed by atoms with Gasteiger partial charge in [-0.05, 0) is 44.4 Å². The molecule has 0 bridgehead atoms. The summed E-state index contributed by atoms with van der Waals surface area (Å²) in [5.41, 5.74) is 5.31. The molecule has 3 aliphatic heterocycles. The van der Waals surface area contributed by atoms with Crippen LogP contribution in [0.4, 0.5) is 0 Å². The predicted molar refractivity (Wildman–Crippen MR) is 127 cm³/mol. The standard InChI is InChI=1S/C24H30N4O3S/c1-15-6-7-19(16(2)12-15)22-21(23(30)31-5)17(3)25-24-28(22)18(14-32-24)13-20(29)27-10-8-26(4)9-11-27/h6-7,12,14,22H,8-11,13H2,1-5H3/t22-/m1/s1. The Morgan fingerprint density at radius 3 is 2.53 bits per heavy atom. The number of hydrogen-bond donors (Lipinski definition) is 0. The van der Waals surface area contributed by atoms with Gasteiger partial charge >= 0.3 is 5.97 Å². The molecule has 1 aromatic carbocycles. The van der Waals surface area contributed by atoms with Crippen LogP contribution in [0.15, 0.2) is 45.6 Å². The third-order valence-corrected chi connectivity index (χ3v) is 7.20. The van der Waals surface area contributed by atoms with E-state index in [4.69, 9.17) is 9.73 Å². The molecule has 1 atom stereocenters. The second-order valence-electron chi connectivity index (χ2n) is 8.61. The molecule has 3 aliphatic rings. The van der Waals surface area contributed by atoms with E-state index in [1.807, 2.05) is 17.2 Å². The van der Waals surface area contributed by atoms with E-state index in [2.05, 4.69) is 48.9 Å². The molecule has 32 heavy (non-hydrogen) atoms. The Kier molecular flexibility index (Phi) is 6.44. The predicted octanol–water partition coefficient (Wildman–Crippen LogP) is 3.22. The summed E-state index contributed by atoms with van der Waals surface area (Å²) in [7, 11) is 3.47.